The van der Waals surface area contributed by atoms with Crippen molar-refractivity contribution in [3.63, 3.8) is 0 Å². The van der Waals surface area contributed by atoms with E-state index in [2.05, 4.69) is 17.4 Å². The molecular weight excluding hydrogens is 244 g/mol. The third-order valence-electron chi connectivity index (χ3n) is 2.81. The number of benzene rings is 2. The Labute approximate surface area is 113 Å². The maximum Gasteiger partial charge on any atom is 0.0406 e. The van der Waals surface area contributed by atoms with Crippen LogP contribution in [-0.4, -0.2) is 6.54 Å². The lowest BCUT2D eigenvalue weighted by Gasteiger charge is -2.05. The van der Waals surface area contributed by atoms with Crippen LogP contribution in [0.5, 0.6) is 0 Å². The first kappa shape index (κ1) is 12.9. The standard InChI is InChI=1S/C15H17ClN2/c16-14-5-1-13(2-6-14)11-18-10-9-12-3-7-15(17)8-4-12/h1-8,18H,9-11,17H2. The summed E-state index contributed by atoms with van der Waals surface area (Å²) in [7, 11) is 0. The zero-order valence-corrected chi connectivity index (χ0v) is 11.0. The van der Waals surface area contributed by atoms with E-state index in [0.717, 1.165) is 30.2 Å². The van der Waals surface area contributed by atoms with Crippen LogP contribution in [0.15, 0.2) is 48.5 Å². The summed E-state index contributed by atoms with van der Waals surface area (Å²) in [5.74, 6) is 0. The van der Waals surface area contributed by atoms with Gasteiger partial charge in [-0.1, -0.05) is 35.9 Å². The molecule has 0 amide bonds. The van der Waals surface area contributed by atoms with Crippen LogP contribution in [0.3, 0.4) is 0 Å². The minimum Gasteiger partial charge on any atom is -0.399 e. The lowest BCUT2D eigenvalue weighted by Crippen LogP contribution is -2.16. The Kier molecular flexibility index (Phi) is 4.62. The predicted molar refractivity (Wildman–Crippen MR) is 77.7 cm³/mol. The summed E-state index contributed by atoms with van der Waals surface area (Å²) < 4.78 is 0. The van der Waals surface area contributed by atoms with Crippen molar-refractivity contribution >= 4 is 17.3 Å². The van der Waals surface area contributed by atoms with Crippen LogP contribution >= 0.6 is 11.6 Å². The molecule has 3 N–H and O–H groups in total. The summed E-state index contributed by atoms with van der Waals surface area (Å²) in [6.07, 6.45) is 1.01. The number of halogens is 1. The largest absolute Gasteiger partial charge is 0.399 e. The van der Waals surface area contributed by atoms with Gasteiger partial charge in [0.2, 0.25) is 0 Å². The van der Waals surface area contributed by atoms with Crippen LogP contribution < -0.4 is 11.1 Å². The third kappa shape index (κ3) is 4.06. The van der Waals surface area contributed by atoms with E-state index in [1.165, 1.54) is 11.1 Å². The molecule has 0 saturated heterocycles. The number of nitrogens with one attached hydrogen (secondary N) is 1. The summed E-state index contributed by atoms with van der Waals surface area (Å²) in [5, 5.41) is 4.19. The van der Waals surface area contributed by atoms with Crippen molar-refractivity contribution in [2.75, 3.05) is 12.3 Å². The Morgan fingerprint density at radius 3 is 2.17 bits per heavy atom. The zero-order valence-electron chi connectivity index (χ0n) is 10.2. The maximum absolute atomic E-state index is 5.84. The average molecular weight is 261 g/mol. The highest BCUT2D eigenvalue weighted by atomic mass is 35.5. The van der Waals surface area contributed by atoms with Crippen LogP contribution in [0.2, 0.25) is 5.02 Å². The number of rotatable bonds is 5. The topological polar surface area (TPSA) is 38.0 Å². The molecule has 2 rings (SSSR count). The van der Waals surface area contributed by atoms with Crippen LogP contribution in [0.4, 0.5) is 5.69 Å². The molecule has 0 saturated carbocycles. The normalized spacial score (nSPS) is 10.5. The number of anilines is 1. The molecule has 2 aromatic rings. The molecule has 0 aromatic heterocycles. The van der Waals surface area contributed by atoms with Crippen molar-refractivity contribution in [3.05, 3.63) is 64.7 Å². The summed E-state index contributed by atoms with van der Waals surface area (Å²) in [4.78, 5) is 0. The van der Waals surface area contributed by atoms with Crippen LogP contribution in [0.25, 0.3) is 0 Å². The highest BCUT2D eigenvalue weighted by Gasteiger charge is 1.95. The van der Waals surface area contributed by atoms with Gasteiger partial charge in [-0.25, -0.2) is 0 Å². The van der Waals surface area contributed by atoms with Gasteiger partial charge in [0.15, 0.2) is 0 Å². The van der Waals surface area contributed by atoms with Gasteiger partial charge < -0.3 is 11.1 Å². The molecule has 0 spiro atoms. The predicted octanol–water partition coefficient (Wildman–Crippen LogP) is 3.25. The van der Waals surface area contributed by atoms with E-state index < -0.39 is 0 Å². The first-order valence-corrected chi connectivity index (χ1v) is 6.41. The molecule has 0 aliphatic rings. The van der Waals surface area contributed by atoms with E-state index >= 15 is 0 Å². The second kappa shape index (κ2) is 6.43. The van der Waals surface area contributed by atoms with E-state index in [9.17, 15) is 0 Å². The van der Waals surface area contributed by atoms with E-state index in [4.69, 9.17) is 17.3 Å². The van der Waals surface area contributed by atoms with Crippen molar-refractivity contribution in [2.45, 2.75) is 13.0 Å². The summed E-state index contributed by atoms with van der Waals surface area (Å²) in [5.41, 5.74) is 9.00. The van der Waals surface area contributed by atoms with Crippen molar-refractivity contribution in [1.29, 1.82) is 0 Å². The lowest BCUT2D eigenvalue weighted by atomic mass is 10.1. The fourth-order valence-electron chi connectivity index (χ4n) is 1.75. The molecule has 0 atom stereocenters. The Hall–Kier alpha value is -1.51. The molecule has 3 heteroatoms. The molecule has 18 heavy (non-hydrogen) atoms. The quantitative estimate of drug-likeness (QED) is 0.640. The molecule has 0 heterocycles. The van der Waals surface area contributed by atoms with Crippen LogP contribution in [-0.2, 0) is 13.0 Å². The molecule has 94 valence electrons. The second-order valence-corrected chi connectivity index (χ2v) is 4.73. The van der Waals surface area contributed by atoms with E-state index in [0.29, 0.717) is 0 Å². The van der Waals surface area contributed by atoms with Crippen molar-refractivity contribution in [1.82, 2.24) is 5.32 Å². The minimum absolute atomic E-state index is 0.778. The second-order valence-electron chi connectivity index (χ2n) is 4.29. The van der Waals surface area contributed by atoms with Gasteiger partial charge in [0.05, 0.1) is 0 Å². The van der Waals surface area contributed by atoms with Gasteiger partial charge in [0.1, 0.15) is 0 Å². The Morgan fingerprint density at radius 1 is 0.889 bits per heavy atom. The number of nitrogens with two attached hydrogens (primary N) is 1. The molecule has 0 aliphatic heterocycles. The van der Waals surface area contributed by atoms with Gasteiger partial charge in [0, 0.05) is 17.3 Å². The van der Waals surface area contributed by atoms with Gasteiger partial charge in [-0.15, -0.1) is 0 Å². The van der Waals surface area contributed by atoms with Gasteiger partial charge in [0.25, 0.3) is 0 Å². The van der Waals surface area contributed by atoms with Crippen molar-refractivity contribution in [2.24, 2.45) is 0 Å². The van der Waals surface area contributed by atoms with Crippen molar-refractivity contribution < 1.29 is 0 Å². The smallest absolute Gasteiger partial charge is 0.0406 e. The summed E-state index contributed by atoms with van der Waals surface area (Å²) in [6, 6.07) is 15.9. The SMILES string of the molecule is Nc1ccc(CCNCc2ccc(Cl)cc2)cc1. The molecule has 0 fully saturated rings. The highest BCUT2D eigenvalue weighted by molar-refractivity contribution is 6.30. The fourth-order valence-corrected chi connectivity index (χ4v) is 1.88. The molecule has 0 bridgehead atoms. The number of hydrogen-bond acceptors (Lipinski definition) is 2. The minimum atomic E-state index is 0.778. The van der Waals surface area contributed by atoms with Gasteiger partial charge in [-0.2, -0.15) is 0 Å². The van der Waals surface area contributed by atoms with E-state index in [1.807, 2.05) is 36.4 Å². The molecule has 2 aromatic carbocycles. The van der Waals surface area contributed by atoms with E-state index in [1.54, 1.807) is 0 Å². The zero-order chi connectivity index (χ0) is 12.8. The van der Waals surface area contributed by atoms with Crippen LogP contribution in [0.1, 0.15) is 11.1 Å². The van der Waals surface area contributed by atoms with Gasteiger partial charge in [-0.05, 0) is 48.4 Å². The average Bonchev–Trinajstić information content (AvgIpc) is 2.39. The molecule has 2 nitrogen and oxygen atoms in total. The van der Waals surface area contributed by atoms with Crippen LogP contribution in [0, 0.1) is 0 Å². The first-order chi connectivity index (χ1) is 8.74. The highest BCUT2D eigenvalue weighted by Crippen LogP contribution is 2.09. The Morgan fingerprint density at radius 2 is 1.50 bits per heavy atom. The first-order valence-electron chi connectivity index (χ1n) is 6.03. The molecular formula is C15H17ClN2. The molecule has 0 radical (unpaired) electrons. The van der Waals surface area contributed by atoms with Gasteiger partial charge in [-0.3, -0.25) is 0 Å². The summed E-state index contributed by atoms with van der Waals surface area (Å²) in [6.45, 7) is 1.82. The fraction of sp³-hybridized carbons (Fsp3) is 0.200. The molecule has 0 unspecified atom stereocenters. The number of hydrogen-bond donors (Lipinski definition) is 2. The Bertz CT molecular complexity index is 429. The monoisotopic (exact) mass is 260 g/mol. The molecule has 0 aliphatic carbocycles. The maximum atomic E-state index is 5.84. The van der Waals surface area contributed by atoms with E-state index in [-0.39, 0.29) is 0 Å². The van der Waals surface area contributed by atoms with Gasteiger partial charge >= 0.3 is 0 Å². The lowest BCUT2D eigenvalue weighted by molar-refractivity contribution is 0.687. The van der Waals surface area contributed by atoms with Crippen molar-refractivity contribution in [3.8, 4) is 0 Å². The third-order valence-corrected chi connectivity index (χ3v) is 3.06. The Balaban J connectivity index is 1.73. The summed E-state index contributed by atoms with van der Waals surface area (Å²) >= 11 is 5.84. The number of nitrogen functional groups attached to an aromatic ring is 1.